The summed E-state index contributed by atoms with van der Waals surface area (Å²) >= 11 is 0. The van der Waals surface area contributed by atoms with Crippen molar-refractivity contribution in [3.63, 3.8) is 0 Å². The highest BCUT2D eigenvalue weighted by Gasteiger charge is 2.52. The van der Waals surface area contributed by atoms with Gasteiger partial charge in [-0.1, -0.05) is 0 Å². The topological polar surface area (TPSA) is 171 Å². The Hall–Kier alpha value is -1.33. The summed E-state index contributed by atoms with van der Waals surface area (Å²) in [6.07, 6.45) is -2.10. The van der Waals surface area contributed by atoms with Gasteiger partial charge in [-0.3, -0.25) is 9.78 Å². The van der Waals surface area contributed by atoms with Crippen LogP contribution in [0, 0.1) is 6.92 Å². The van der Waals surface area contributed by atoms with Gasteiger partial charge in [0, 0.05) is 11.8 Å². The van der Waals surface area contributed by atoms with E-state index in [1.54, 1.807) is 0 Å². The molecule has 5 N–H and O–H groups in total. The molecular formula is C10H15N2O9P. The highest BCUT2D eigenvalue weighted by Crippen LogP contribution is 2.48. The highest BCUT2D eigenvalue weighted by molar-refractivity contribution is 7.46. The van der Waals surface area contributed by atoms with Gasteiger partial charge >= 0.3 is 13.5 Å². The maximum absolute atomic E-state index is 11.9. The molecule has 0 radical (unpaired) electrons. The van der Waals surface area contributed by atoms with Crippen molar-refractivity contribution in [3.8, 4) is 0 Å². The van der Waals surface area contributed by atoms with Gasteiger partial charge in [-0.25, -0.2) is 18.5 Å². The van der Waals surface area contributed by atoms with Crippen LogP contribution in [0.5, 0.6) is 0 Å². The summed E-state index contributed by atoms with van der Waals surface area (Å²) in [7, 11) is -5.13. The number of nitrogens with zero attached hydrogens (tertiary/aromatic N) is 1. The van der Waals surface area contributed by atoms with Gasteiger partial charge in [-0.15, -0.1) is 0 Å². The van der Waals surface area contributed by atoms with Gasteiger partial charge in [-0.05, 0) is 6.92 Å². The van der Waals surface area contributed by atoms with E-state index in [4.69, 9.17) is 19.6 Å². The molecule has 11 nitrogen and oxygen atoms in total. The number of aliphatic hydroxyl groups excluding tert-OH is 2. The fourth-order valence-electron chi connectivity index (χ4n) is 2.18. The summed E-state index contributed by atoms with van der Waals surface area (Å²) in [4.78, 5) is 43.3. The Morgan fingerprint density at radius 2 is 2.18 bits per heavy atom. The molecule has 12 heteroatoms. The molecule has 1 aliphatic heterocycles. The minimum absolute atomic E-state index is 0.0545. The Kier molecular flexibility index (Phi) is 4.42. The molecule has 1 aromatic rings. The number of phosphoric ester groups is 1. The Morgan fingerprint density at radius 3 is 2.68 bits per heavy atom. The van der Waals surface area contributed by atoms with Gasteiger partial charge in [0.2, 0.25) is 0 Å². The van der Waals surface area contributed by atoms with E-state index in [-0.39, 0.29) is 5.56 Å². The zero-order valence-corrected chi connectivity index (χ0v) is 12.3. The molecule has 1 unspecified atom stereocenters. The van der Waals surface area contributed by atoms with Crippen molar-refractivity contribution < 1.29 is 33.8 Å². The molecule has 2 rings (SSSR count). The van der Waals surface area contributed by atoms with E-state index in [1.165, 1.54) is 6.92 Å². The van der Waals surface area contributed by atoms with Crippen LogP contribution < -0.4 is 11.2 Å². The van der Waals surface area contributed by atoms with E-state index >= 15 is 0 Å². The molecule has 124 valence electrons. The van der Waals surface area contributed by atoms with Crippen molar-refractivity contribution in [2.75, 3.05) is 6.61 Å². The summed E-state index contributed by atoms with van der Waals surface area (Å²) in [6, 6.07) is 0. The second-order valence-corrected chi connectivity index (χ2v) is 6.01. The predicted octanol–water partition coefficient (Wildman–Crippen LogP) is -2.29. The first-order valence-electron chi connectivity index (χ1n) is 6.14. The van der Waals surface area contributed by atoms with Crippen LogP contribution in [-0.4, -0.2) is 48.4 Å². The zero-order valence-electron chi connectivity index (χ0n) is 11.4. The second-order valence-electron chi connectivity index (χ2n) is 4.85. The van der Waals surface area contributed by atoms with Gasteiger partial charge in [0.1, 0.15) is 6.10 Å². The van der Waals surface area contributed by atoms with Crippen LogP contribution in [0.15, 0.2) is 15.8 Å². The Bertz CT molecular complexity index is 722. The zero-order chi connectivity index (χ0) is 16.7. The molecule has 0 saturated carbocycles. The van der Waals surface area contributed by atoms with Crippen molar-refractivity contribution in [2.45, 2.75) is 31.5 Å². The van der Waals surface area contributed by atoms with E-state index in [1.807, 2.05) is 4.98 Å². The molecule has 0 amide bonds. The van der Waals surface area contributed by atoms with Gasteiger partial charge in [0.25, 0.3) is 11.5 Å². The van der Waals surface area contributed by atoms with Crippen molar-refractivity contribution in [2.24, 2.45) is 0 Å². The van der Waals surface area contributed by atoms with Crippen molar-refractivity contribution >= 4 is 7.82 Å². The third-order valence-electron chi connectivity index (χ3n) is 3.16. The number of nitrogens with one attached hydrogen (secondary N) is 1. The number of rotatable bonds is 4. The van der Waals surface area contributed by atoms with E-state index in [0.717, 1.165) is 6.20 Å². The van der Waals surface area contributed by atoms with Gasteiger partial charge in [-0.2, -0.15) is 0 Å². The number of hydrogen-bond acceptors (Lipinski definition) is 7. The molecular weight excluding hydrogens is 323 g/mol. The number of H-pyrrole nitrogens is 1. The molecule has 3 atom stereocenters. The average molecular weight is 338 g/mol. The highest BCUT2D eigenvalue weighted by atomic mass is 31.2. The predicted molar refractivity (Wildman–Crippen MR) is 69.7 cm³/mol. The second kappa shape index (κ2) is 5.70. The smallest absolute Gasteiger partial charge is 0.394 e. The van der Waals surface area contributed by atoms with E-state index in [2.05, 4.69) is 4.52 Å². The van der Waals surface area contributed by atoms with Crippen LogP contribution in [0.3, 0.4) is 0 Å². The minimum atomic E-state index is -5.13. The molecule has 1 fully saturated rings. The summed E-state index contributed by atoms with van der Waals surface area (Å²) < 4.78 is 21.6. The molecule has 0 bridgehead atoms. The average Bonchev–Trinajstić information content (AvgIpc) is 2.68. The SMILES string of the molecule is Cc1cn(C2(OP(=O)(O)O)C[C@H](O)[C@@H](CO)O2)c(=O)[nH]c1=O. The van der Waals surface area contributed by atoms with Crippen molar-refractivity contribution in [1.29, 1.82) is 0 Å². The third kappa shape index (κ3) is 3.20. The first-order chi connectivity index (χ1) is 10.1. The third-order valence-corrected chi connectivity index (χ3v) is 3.68. The number of phosphoric acid groups is 1. The lowest BCUT2D eigenvalue weighted by Crippen LogP contribution is -2.46. The van der Waals surface area contributed by atoms with E-state index in [9.17, 15) is 19.3 Å². The summed E-state index contributed by atoms with van der Waals surface area (Å²) in [5.41, 5.74) is -1.68. The van der Waals surface area contributed by atoms with Gasteiger partial charge < -0.3 is 24.7 Å². The van der Waals surface area contributed by atoms with Crippen LogP contribution in [-0.2, 0) is 19.7 Å². The number of aliphatic hydroxyl groups is 2. The van der Waals surface area contributed by atoms with Gasteiger partial charge in [0.15, 0.2) is 0 Å². The lowest BCUT2D eigenvalue weighted by atomic mass is 10.2. The molecule has 1 aromatic heterocycles. The molecule has 0 aliphatic carbocycles. The quantitative estimate of drug-likeness (QED) is 0.379. The molecule has 2 heterocycles. The summed E-state index contributed by atoms with van der Waals surface area (Å²) in [5.74, 6) is -2.35. The van der Waals surface area contributed by atoms with E-state index < -0.39 is 50.2 Å². The summed E-state index contributed by atoms with van der Waals surface area (Å²) in [5, 5.41) is 18.9. The van der Waals surface area contributed by atoms with Crippen molar-refractivity contribution in [3.05, 3.63) is 32.6 Å². The Balaban J connectivity index is 2.61. The Labute approximate surface area is 123 Å². The molecule has 22 heavy (non-hydrogen) atoms. The first-order valence-corrected chi connectivity index (χ1v) is 7.67. The molecule has 1 saturated heterocycles. The number of ether oxygens (including phenoxy) is 1. The standard InChI is InChI=1S/C10H15N2O9P/c1-5-3-12(9(16)11-8(5)15)10(21-22(17,18)19)2-6(14)7(4-13)20-10/h3,6-7,13-14H,2,4H2,1H3,(H,11,15,16)(H2,17,18,19)/t6-,7+,10?/m0/s1. The van der Waals surface area contributed by atoms with Crippen LogP contribution in [0.1, 0.15) is 12.0 Å². The maximum Gasteiger partial charge on any atom is 0.473 e. The first kappa shape index (κ1) is 17.0. The van der Waals surface area contributed by atoms with E-state index in [0.29, 0.717) is 4.57 Å². The monoisotopic (exact) mass is 338 g/mol. The number of hydrogen-bond donors (Lipinski definition) is 5. The number of aryl methyl sites for hydroxylation is 1. The number of aromatic amines is 1. The lowest BCUT2D eigenvalue weighted by Gasteiger charge is -2.30. The lowest BCUT2D eigenvalue weighted by molar-refractivity contribution is -0.247. The Morgan fingerprint density at radius 1 is 1.55 bits per heavy atom. The molecule has 1 aliphatic rings. The maximum atomic E-state index is 11.9. The number of aromatic nitrogens is 2. The van der Waals surface area contributed by atoms with Crippen molar-refractivity contribution in [1.82, 2.24) is 9.55 Å². The van der Waals surface area contributed by atoms with Crippen LogP contribution >= 0.6 is 7.82 Å². The molecule has 0 spiro atoms. The molecule has 0 aromatic carbocycles. The normalized spacial score (nSPS) is 29.0. The van der Waals surface area contributed by atoms with Crippen LogP contribution in [0.2, 0.25) is 0 Å². The fourth-order valence-corrected chi connectivity index (χ4v) is 2.76. The van der Waals surface area contributed by atoms with Crippen LogP contribution in [0.25, 0.3) is 0 Å². The minimum Gasteiger partial charge on any atom is -0.394 e. The fraction of sp³-hybridized carbons (Fsp3) is 0.600. The largest absolute Gasteiger partial charge is 0.473 e. The summed E-state index contributed by atoms with van der Waals surface area (Å²) in [6.45, 7) is 0.694. The van der Waals surface area contributed by atoms with Crippen LogP contribution in [0.4, 0.5) is 0 Å². The van der Waals surface area contributed by atoms with Gasteiger partial charge in [0.05, 0.1) is 19.1 Å².